The number of hydrogen-bond acceptors (Lipinski definition) is 2. The Hall–Kier alpha value is -2.56. The highest BCUT2D eigenvalue weighted by Crippen LogP contribution is 2.30. The van der Waals surface area contributed by atoms with E-state index in [1.807, 2.05) is 37.3 Å². The minimum atomic E-state index is -0.415. The summed E-state index contributed by atoms with van der Waals surface area (Å²) in [6.07, 6.45) is 3.50. The first-order valence-corrected chi connectivity index (χ1v) is 10.7. The largest absolute Gasteiger partial charge is 0.345 e. The van der Waals surface area contributed by atoms with Crippen molar-refractivity contribution >= 4 is 29.1 Å². The van der Waals surface area contributed by atoms with Crippen LogP contribution in [0.1, 0.15) is 48.7 Å². The van der Waals surface area contributed by atoms with Crippen molar-refractivity contribution in [2.45, 2.75) is 39.3 Å². The number of amides is 1. The summed E-state index contributed by atoms with van der Waals surface area (Å²) < 4.78 is 1.58. The predicted octanol–water partition coefficient (Wildman–Crippen LogP) is 6.11. The molecule has 4 nitrogen and oxygen atoms in total. The summed E-state index contributed by atoms with van der Waals surface area (Å²) >= 11 is 12.5. The van der Waals surface area contributed by atoms with Crippen LogP contribution in [0, 0.1) is 0 Å². The van der Waals surface area contributed by atoms with Gasteiger partial charge in [-0.15, -0.1) is 0 Å². The van der Waals surface area contributed by atoms with Crippen LogP contribution in [0.4, 0.5) is 0 Å². The highest BCUT2D eigenvalue weighted by molar-refractivity contribution is 6.35. The molecule has 0 saturated heterocycles. The zero-order valence-corrected chi connectivity index (χ0v) is 18.5. The van der Waals surface area contributed by atoms with E-state index in [0.29, 0.717) is 27.7 Å². The quantitative estimate of drug-likeness (QED) is 0.479. The minimum absolute atomic E-state index is 0.0856. The Morgan fingerprint density at radius 3 is 2.53 bits per heavy atom. The van der Waals surface area contributed by atoms with Crippen LogP contribution in [0.2, 0.25) is 10.0 Å². The van der Waals surface area contributed by atoms with Gasteiger partial charge >= 0.3 is 0 Å². The first kappa shape index (κ1) is 22.1. The number of nitrogens with zero attached hydrogens (tertiary/aromatic N) is 1. The highest BCUT2D eigenvalue weighted by atomic mass is 35.5. The van der Waals surface area contributed by atoms with Gasteiger partial charge in [0, 0.05) is 33.9 Å². The molecule has 1 aromatic heterocycles. The van der Waals surface area contributed by atoms with E-state index in [1.165, 1.54) is 0 Å². The molecule has 0 unspecified atom stereocenters. The Morgan fingerprint density at radius 1 is 1.10 bits per heavy atom. The van der Waals surface area contributed by atoms with E-state index in [9.17, 15) is 9.59 Å². The second-order valence-corrected chi connectivity index (χ2v) is 8.07. The summed E-state index contributed by atoms with van der Waals surface area (Å²) in [5.41, 5.74) is 2.09. The van der Waals surface area contributed by atoms with Crippen molar-refractivity contribution < 1.29 is 4.79 Å². The van der Waals surface area contributed by atoms with Crippen molar-refractivity contribution in [3.8, 4) is 11.1 Å². The first-order valence-electron chi connectivity index (χ1n) is 9.96. The van der Waals surface area contributed by atoms with Gasteiger partial charge in [-0.1, -0.05) is 66.9 Å². The summed E-state index contributed by atoms with van der Waals surface area (Å²) in [4.78, 5) is 26.0. The van der Waals surface area contributed by atoms with E-state index in [1.54, 1.807) is 35.0 Å². The molecule has 2 aromatic carbocycles. The maximum absolute atomic E-state index is 13.0. The fourth-order valence-electron chi connectivity index (χ4n) is 3.26. The number of rotatable bonds is 7. The Kier molecular flexibility index (Phi) is 7.35. The third-order valence-corrected chi connectivity index (χ3v) is 5.53. The van der Waals surface area contributed by atoms with Gasteiger partial charge < -0.3 is 9.88 Å². The number of carbonyl (C=O) groups excluding carboxylic acids is 1. The molecule has 6 heteroatoms. The maximum atomic E-state index is 13.0. The van der Waals surface area contributed by atoms with Crippen LogP contribution in [0.25, 0.3) is 11.1 Å². The number of nitrogens with one attached hydrogen (secondary N) is 1. The van der Waals surface area contributed by atoms with Crippen LogP contribution in [0.15, 0.2) is 65.6 Å². The van der Waals surface area contributed by atoms with Crippen LogP contribution in [0.5, 0.6) is 0 Å². The number of pyridine rings is 1. The normalized spacial score (nSPS) is 11.9. The SMILES string of the molecule is CCCCn1cc(-c2cc(Cl)ccc2Cl)cc(C(=O)N[C@H](C)c2ccccc2)c1=O. The van der Waals surface area contributed by atoms with Gasteiger partial charge in [-0.2, -0.15) is 0 Å². The van der Waals surface area contributed by atoms with Crippen LogP contribution in [0.3, 0.4) is 0 Å². The van der Waals surface area contributed by atoms with Gasteiger partial charge in [-0.05, 0) is 43.2 Å². The van der Waals surface area contributed by atoms with Crippen LogP contribution in [-0.4, -0.2) is 10.5 Å². The van der Waals surface area contributed by atoms with Gasteiger partial charge in [-0.25, -0.2) is 0 Å². The molecule has 0 aliphatic carbocycles. The average molecular weight is 443 g/mol. The maximum Gasteiger partial charge on any atom is 0.263 e. The number of halogens is 2. The molecule has 1 N–H and O–H groups in total. The van der Waals surface area contributed by atoms with Gasteiger partial charge in [0.05, 0.1) is 6.04 Å². The summed E-state index contributed by atoms with van der Waals surface area (Å²) in [5.74, 6) is -0.415. The van der Waals surface area contributed by atoms with Crippen molar-refractivity contribution in [1.29, 1.82) is 0 Å². The van der Waals surface area contributed by atoms with Gasteiger partial charge in [-0.3, -0.25) is 9.59 Å². The van der Waals surface area contributed by atoms with Gasteiger partial charge in [0.1, 0.15) is 5.56 Å². The molecular formula is C24H24Cl2N2O2. The molecule has 1 amide bonds. The van der Waals surface area contributed by atoms with Crippen molar-refractivity contribution in [3.05, 3.63) is 92.3 Å². The van der Waals surface area contributed by atoms with Crippen LogP contribution in [-0.2, 0) is 6.54 Å². The topological polar surface area (TPSA) is 51.1 Å². The van der Waals surface area contributed by atoms with Crippen LogP contribution >= 0.6 is 23.2 Å². The molecule has 156 valence electrons. The van der Waals surface area contributed by atoms with Gasteiger partial charge in [0.15, 0.2) is 0 Å². The zero-order valence-electron chi connectivity index (χ0n) is 17.0. The van der Waals surface area contributed by atoms with E-state index in [0.717, 1.165) is 18.4 Å². The molecule has 3 aromatic rings. The highest BCUT2D eigenvalue weighted by Gasteiger charge is 2.18. The van der Waals surface area contributed by atoms with E-state index >= 15 is 0 Å². The zero-order chi connectivity index (χ0) is 21.7. The average Bonchev–Trinajstić information content (AvgIpc) is 2.75. The molecule has 0 spiro atoms. The molecule has 3 rings (SSSR count). The lowest BCUT2D eigenvalue weighted by Crippen LogP contribution is -2.34. The van der Waals surface area contributed by atoms with Crippen molar-refractivity contribution in [2.75, 3.05) is 0 Å². The number of benzene rings is 2. The molecule has 0 aliphatic rings. The van der Waals surface area contributed by atoms with E-state index < -0.39 is 5.91 Å². The fraction of sp³-hybridized carbons (Fsp3) is 0.250. The molecular weight excluding hydrogens is 419 g/mol. The molecule has 1 heterocycles. The number of unbranched alkanes of at least 4 members (excludes halogenated alkanes) is 1. The van der Waals surface area contributed by atoms with E-state index in [-0.39, 0.29) is 17.2 Å². The minimum Gasteiger partial charge on any atom is -0.345 e. The summed E-state index contributed by atoms with van der Waals surface area (Å²) in [5, 5.41) is 3.97. The molecule has 0 aliphatic heterocycles. The predicted molar refractivity (Wildman–Crippen MR) is 123 cm³/mol. The van der Waals surface area contributed by atoms with Gasteiger partial charge in [0.25, 0.3) is 11.5 Å². The summed E-state index contributed by atoms with van der Waals surface area (Å²) in [6.45, 7) is 4.47. The summed E-state index contributed by atoms with van der Waals surface area (Å²) in [6, 6.07) is 16.1. The molecule has 30 heavy (non-hydrogen) atoms. The lowest BCUT2D eigenvalue weighted by Gasteiger charge is -2.16. The van der Waals surface area contributed by atoms with Crippen molar-refractivity contribution in [2.24, 2.45) is 0 Å². The summed E-state index contributed by atoms with van der Waals surface area (Å²) in [7, 11) is 0. The van der Waals surface area contributed by atoms with E-state index in [2.05, 4.69) is 12.2 Å². The number of aryl methyl sites for hydroxylation is 1. The number of aromatic nitrogens is 1. The molecule has 0 saturated carbocycles. The standard InChI is InChI=1S/C24H24Cl2N2O2/c1-3-4-12-28-15-18(20-14-19(25)10-11-22(20)26)13-21(24(28)30)23(29)27-16(2)17-8-6-5-7-9-17/h5-11,13-16H,3-4,12H2,1-2H3,(H,27,29)/t16-/m1/s1. The van der Waals surface area contributed by atoms with Crippen molar-refractivity contribution in [3.63, 3.8) is 0 Å². The second-order valence-electron chi connectivity index (χ2n) is 7.22. The number of hydrogen-bond donors (Lipinski definition) is 1. The number of carbonyl (C=O) groups is 1. The molecule has 0 bridgehead atoms. The molecule has 0 radical (unpaired) electrons. The lowest BCUT2D eigenvalue weighted by atomic mass is 10.0. The Labute approximate surface area is 186 Å². The lowest BCUT2D eigenvalue weighted by molar-refractivity contribution is 0.0937. The van der Waals surface area contributed by atoms with Crippen molar-refractivity contribution in [1.82, 2.24) is 9.88 Å². The monoisotopic (exact) mass is 442 g/mol. The van der Waals surface area contributed by atoms with Gasteiger partial charge in [0.2, 0.25) is 0 Å². The van der Waals surface area contributed by atoms with Crippen LogP contribution < -0.4 is 10.9 Å². The third-order valence-electron chi connectivity index (χ3n) is 4.97. The fourth-order valence-corrected chi connectivity index (χ4v) is 3.66. The first-order chi connectivity index (χ1) is 14.4. The molecule has 1 atom stereocenters. The Morgan fingerprint density at radius 2 is 1.83 bits per heavy atom. The second kappa shape index (κ2) is 9.96. The molecule has 0 fully saturated rings. The Balaban J connectivity index is 2.03. The third kappa shape index (κ3) is 5.13. The Bertz CT molecular complexity index is 1090. The smallest absolute Gasteiger partial charge is 0.263 e. The van der Waals surface area contributed by atoms with E-state index in [4.69, 9.17) is 23.2 Å².